The van der Waals surface area contributed by atoms with Crippen molar-refractivity contribution in [3.63, 3.8) is 0 Å². The van der Waals surface area contributed by atoms with Gasteiger partial charge in [-0.05, 0) is 73.7 Å². The summed E-state index contributed by atoms with van der Waals surface area (Å²) in [5, 5.41) is 8.03. The molecule has 10 nitrogen and oxygen atoms in total. The lowest BCUT2D eigenvalue weighted by Gasteiger charge is -2.46. The summed E-state index contributed by atoms with van der Waals surface area (Å²) in [5.74, 6) is -0.805. The lowest BCUT2D eigenvalue weighted by atomic mass is 9.60. The van der Waals surface area contributed by atoms with Crippen molar-refractivity contribution in [2.24, 2.45) is 12.5 Å². The van der Waals surface area contributed by atoms with E-state index in [4.69, 9.17) is 11.6 Å². The summed E-state index contributed by atoms with van der Waals surface area (Å²) in [4.78, 5) is 22.4. The van der Waals surface area contributed by atoms with Crippen molar-refractivity contribution in [2.75, 3.05) is 6.54 Å². The zero-order valence-electron chi connectivity index (χ0n) is 22.7. The first-order valence-electron chi connectivity index (χ1n) is 13.3. The van der Waals surface area contributed by atoms with Crippen LogP contribution < -0.4 is 0 Å². The van der Waals surface area contributed by atoms with Gasteiger partial charge in [-0.1, -0.05) is 17.2 Å². The van der Waals surface area contributed by atoms with Crippen LogP contribution in [0.2, 0.25) is 5.02 Å². The SMILES string of the molecule is Cn1cnc(S(=O)(=O)N(CC(F)F)[C@H]2CCC3=Cc4c(cnn4-c4ccc(F)cc4)C[C@]3(C(=O)c3cc(Cl)ccn3)C2)n1. The number of rotatable bonds is 8. The first kappa shape index (κ1) is 29.2. The van der Waals surface area contributed by atoms with Gasteiger partial charge in [0.1, 0.15) is 17.8 Å². The van der Waals surface area contributed by atoms with Crippen molar-refractivity contribution in [1.82, 2.24) is 33.8 Å². The van der Waals surface area contributed by atoms with Gasteiger partial charge in [0.25, 0.3) is 21.6 Å². The fourth-order valence-electron chi connectivity index (χ4n) is 6.01. The summed E-state index contributed by atoms with van der Waals surface area (Å²) in [6.45, 7) is -1.09. The first-order chi connectivity index (χ1) is 20.5. The predicted molar refractivity (Wildman–Crippen MR) is 150 cm³/mol. The topological polar surface area (TPSA) is 116 Å². The van der Waals surface area contributed by atoms with Gasteiger partial charge in [0.15, 0.2) is 5.78 Å². The fraction of sp³-hybridized carbons (Fsp3) is 0.321. The Morgan fingerprint density at radius 2 is 1.98 bits per heavy atom. The molecule has 0 radical (unpaired) electrons. The quantitative estimate of drug-likeness (QED) is 0.263. The molecule has 2 aliphatic rings. The van der Waals surface area contributed by atoms with E-state index in [2.05, 4.69) is 20.2 Å². The van der Waals surface area contributed by atoms with Crippen LogP contribution in [0, 0.1) is 11.2 Å². The number of aryl methyl sites for hydroxylation is 1. The third-order valence-electron chi connectivity index (χ3n) is 7.94. The minimum atomic E-state index is -4.54. The number of allylic oxidation sites excluding steroid dienone is 1. The molecule has 43 heavy (non-hydrogen) atoms. The van der Waals surface area contributed by atoms with Crippen LogP contribution in [-0.2, 0) is 23.5 Å². The lowest BCUT2D eigenvalue weighted by Crippen LogP contribution is -2.51. The molecule has 3 heterocycles. The molecular weight excluding hydrogens is 607 g/mol. The van der Waals surface area contributed by atoms with E-state index in [1.807, 2.05) is 6.08 Å². The maximum absolute atomic E-state index is 14.4. The van der Waals surface area contributed by atoms with E-state index in [0.29, 0.717) is 22.5 Å². The van der Waals surface area contributed by atoms with Crippen LogP contribution in [0.25, 0.3) is 11.8 Å². The van der Waals surface area contributed by atoms with E-state index in [0.717, 1.165) is 4.31 Å². The van der Waals surface area contributed by atoms with Crippen LogP contribution >= 0.6 is 11.6 Å². The molecule has 1 fully saturated rings. The number of carbonyl (C=O) groups is 1. The zero-order valence-corrected chi connectivity index (χ0v) is 24.3. The largest absolute Gasteiger partial charge is 0.291 e. The summed E-state index contributed by atoms with van der Waals surface area (Å²) in [6, 6.07) is 7.79. The number of hydrogen-bond donors (Lipinski definition) is 0. The normalized spacial score (nSPS) is 20.2. The van der Waals surface area contributed by atoms with Crippen molar-refractivity contribution in [2.45, 2.75) is 43.3 Å². The average molecular weight is 632 g/mol. The van der Waals surface area contributed by atoms with Crippen molar-refractivity contribution in [3.05, 3.63) is 88.5 Å². The summed E-state index contributed by atoms with van der Waals surface area (Å²) < 4.78 is 72.1. The summed E-state index contributed by atoms with van der Waals surface area (Å²) in [7, 11) is -3.07. The second kappa shape index (κ2) is 11.0. The molecule has 0 spiro atoms. The molecule has 15 heteroatoms. The molecule has 2 atom stereocenters. The second-order valence-electron chi connectivity index (χ2n) is 10.6. The second-order valence-corrected chi connectivity index (χ2v) is 12.8. The third kappa shape index (κ3) is 5.27. The molecular formula is C28H25ClF3N7O3S. The van der Waals surface area contributed by atoms with E-state index >= 15 is 0 Å². The van der Waals surface area contributed by atoms with Gasteiger partial charge in [-0.15, -0.1) is 5.10 Å². The Labute approximate surface area is 249 Å². The Balaban J connectivity index is 1.45. The molecule has 6 rings (SSSR count). The van der Waals surface area contributed by atoms with E-state index < -0.39 is 51.2 Å². The van der Waals surface area contributed by atoms with Gasteiger partial charge >= 0.3 is 0 Å². The Kier molecular flexibility index (Phi) is 7.47. The van der Waals surface area contributed by atoms with E-state index in [-0.39, 0.29) is 36.4 Å². The predicted octanol–water partition coefficient (Wildman–Crippen LogP) is 4.51. The summed E-state index contributed by atoms with van der Waals surface area (Å²) in [6.07, 6.45) is 3.45. The number of hydrogen-bond acceptors (Lipinski definition) is 7. The Bertz CT molecular complexity index is 1840. The van der Waals surface area contributed by atoms with Crippen LogP contribution in [0.3, 0.4) is 0 Å². The minimum Gasteiger partial charge on any atom is -0.291 e. The summed E-state index contributed by atoms with van der Waals surface area (Å²) in [5.41, 5.74) is 1.43. The molecule has 4 aromatic rings. The van der Waals surface area contributed by atoms with Crippen molar-refractivity contribution in [3.8, 4) is 5.69 Å². The number of fused-ring (bicyclic) bond motifs is 2. The number of benzene rings is 1. The van der Waals surface area contributed by atoms with Gasteiger partial charge in [0, 0.05) is 24.3 Å². The highest BCUT2D eigenvalue weighted by Crippen LogP contribution is 2.51. The number of Topliss-reactive ketones (excluding diaryl/α,β-unsaturated/α-hetero) is 1. The summed E-state index contributed by atoms with van der Waals surface area (Å²) >= 11 is 6.20. The highest BCUT2D eigenvalue weighted by Gasteiger charge is 2.52. The van der Waals surface area contributed by atoms with Crippen LogP contribution in [0.4, 0.5) is 13.2 Å². The van der Waals surface area contributed by atoms with Crippen LogP contribution in [0.5, 0.6) is 0 Å². The first-order valence-corrected chi connectivity index (χ1v) is 15.2. The van der Waals surface area contributed by atoms with Gasteiger partial charge in [0.2, 0.25) is 0 Å². The monoisotopic (exact) mass is 631 g/mol. The molecule has 0 bridgehead atoms. The molecule has 0 aliphatic heterocycles. The molecule has 1 aromatic carbocycles. The molecule has 0 saturated heterocycles. The Hall–Kier alpha value is -3.88. The standard InChI is InChI=1S/C28H25ClF3N7O3S/c1-37-16-34-27(36-37)43(41,42)38(15-25(31)32)22-5-2-18-10-24-17(14-35-39(24)21-6-3-20(30)4-7-21)12-28(18,13-22)26(40)23-11-19(29)8-9-33-23/h3-4,6-11,14,16,22,25H,2,5,12-13,15H2,1H3/t22-,28-/m0/s1. The number of sulfonamides is 1. The van der Waals surface area contributed by atoms with Crippen molar-refractivity contribution in [1.29, 1.82) is 0 Å². The maximum atomic E-state index is 14.4. The molecule has 224 valence electrons. The van der Waals surface area contributed by atoms with Gasteiger partial charge in [-0.25, -0.2) is 31.3 Å². The van der Waals surface area contributed by atoms with Crippen LogP contribution in [0.15, 0.2) is 65.8 Å². The number of ketones is 1. The highest BCUT2D eigenvalue weighted by atomic mass is 35.5. The average Bonchev–Trinajstić information content (AvgIpc) is 3.60. The van der Waals surface area contributed by atoms with Gasteiger partial charge < -0.3 is 0 Å². The lowest BCUT2D eigenvalue weighted by molar-refractivity contribution is 0.0656. The Morgan fingerprint density at radius 1 is 1.21 bits per heavy atom. The van der Waals surface area contributed by atoms with Gasteiger partial charge in [-0.2, -0.15) is 9.40 Å². The van der Waals surface area contributed by atoms with Crippen molar-refractivity contribution < 1.29 is 26.4 Å². The number of aromatic nitrogens is 6. The molecule has 1 saturated carbocycles. The smallest absolute Gasteiger partial charge is 0.282 e. The van der Waals surface area contributed by atoms with Gasteiger partial charge in [0.05, 0.1) is 29.5 Å². The zero-order chi connectivity index (χ0) is 30.5. The van der Waals surface area contributed by atoms with Gasteiger partial charge in [-0.3, -0.25) is 14.5 Å². The minimum absolute atomic E-state index is 0.0723. The molecule has 0 unspecified atom stereocenters. The number of pyridine rings is 1. The molecule has 0 amide bonds. The fourth-order valence-corrected chi connectivity index (χ4v) is 7.68. The molecule has 3 aromatic heterocycles. The number of halogens is 4. The van der Waals surface area contributed by atoms with E-state index in [1.54, 1.807) is 23.0 Å². The highest BCUT2D eigenvalue weighted by molar-refractivity contribution is 7.89. The molecule has 2 aliphatic carbocycles. The van der Waals surface area contributed by atoms with Crippen molar-refractivity contribution >= 4 is 33.5 Å². The van der Waals surface area contributed by atoms with Crippen LogP contribution in [-0.4, -0.2) is 67.0 Å². The van der Waals surface area contributed by atoms with Crippen LogP contribution in [0.1, 0.15) is 41.0 Å². The van der Waals surface area contributed by atoms with E-state index in [9.17, 15) is 26.4 Å². The molecule has 0 N–H and O–H groups in total. The Morgan fingerprint density at radius 3 is 2.65 bits per heavy atom. The van der Waals surface area contributed by atoms with E-state index in [1.165, 1.54) is 48.5 Å². The number of nitrogens with zero attached hydrogens (tertiary/aromatic N) is 7. The maximum Gasteiger partial charge on any atom is 0.282 e. The number of alkyl halides is 2. The number of carbonyl (C=O) groups excluding carboxylic acids is 1. The third-order valence-corrected chi connectivity index (χ3v) is 9.89.